The Hall–Kier alpha value is -13.4. The minimum atomic E-state index is 0.621. The molecule has 96 heavy (non-hydrogen) atoms. The lowest BCUT2D eigenvalue weighted by atomic mass is 9.95. The van der Waals surface area contributed by atoms with E-state index in [1.165, 1.54) is 0 Å². The van der Waals surface area contributed by atoms with E-state index in [9.17, 15) is 5.26 Å². The van der Waals surface area contributed by atoms with Gasteiger partial charge in [0.15, 0.2) is 0 Å². The van der Waals surface area contributed by atoms with E-state index in [2.05, 4.69) is 188 Å². The van der Waals surface area contributed by atoms with Gasteiger partial charge in [-0.05, 0) is 111 Å². The van der Waals surface area contributed by atoms with Crippen molar-refractivity contribution in [2.75, 3.05) is 0 Å². The summed E-state index contributed by atoms with van der Waals surface area (Å²) in [5.41, 5.74) is 25.7. The Labute approximate surface area is 553 Å². The third-order valence-corrected chi connectivity index (χ3v) is 17.8. The topological polar surface area (TPSA) is 106 Å². The Morgan fingerprint density at radius 1 is 0.250 bits per heavy atom. The van der Waals surface area contributed by atoms with Gasteiger partial charge in [-0.25, -0.2) is 19.9 Å². The van der Waals surface area contributed by atoms with E-state index in [0.29, 0.717) is 5.56 Å². The Kier molecular flexibility index (Phi) is 14.3. The number of nitrogens with zero attached hydrogens (tertiary/aromatic N) is 6. The standard InChI is InChI=1S/C88H53N6O2/c89-54-56-27-31-58(32-28-56)62-41-45-68(46-42-62)86-88(74-23-14-26-79-80(74)73-22-11-13-25-77(73)96-79)94-84(83(92-86)66-19-8-3-9-20-66)69-47-50-71(51-48-69)90-55-57-29-33-59(34-30-57)60-35-37-61(38-36-60)63-39-43-67(44-40-63)85-87(70-49-52-78-75(53-70)72-21-10-12-24-76(72)95-78)93-82(65-17-6-2-7-18-65)81(91-85)64-15-4-1-5-16-64/h1-53H/q+1. The summed E-state index contributed by atoms with van der Waals surface area (Å²) < 4.78 is 12.7. The molecule has 0 N–H and O–H groups in total. The summed E-state index contributed by atoms with van der Waals surface area (Å²) in [6, 6.07) is 115. The molecule has 17 rings (SSSR count). The second kappa shape index (κ2) is 24.3. The van der Waals surface area contributed by atoms with Gasteiger partial charge < -0.3 is 8.83 Å². The van der Waals surface area contributed by atoms with Crippen LogP contribution in [0.2, 0.25) is 0 Å². The van der Waals surface area contributed by atoms with Crippen molar-refractivity contribution >= 4 is 49.6 Å². The molecule has 0 unspecified atom stereocenters. The van der Waals surface area contributed by atoms with Crippen molar-refractivity contribution in [1.82, 2.24) is 19.9 Å². The molecule has 0 aliphatic carbocycles. The molecule has 0 spiro atoms. The summed E-state index contributed by atoms with van der Waals surface area (Å²) in [6.45, 7) is 0. The molecule has 0 radical (unpaired) electrons. The van der Waals surface area contributed by atoms with Gasteiger partial charge in [-0.15, -0.1) is 0 Å². The first-order valence-corrected chi connectivity index (χ1v) is 31.8. The molecular formula is C88H53N6O2+. The minimum absolute atomic E-state index is 0.621. The third-order valence-electron chi connectivity index (χ3n) is 17.8. The number of nitriles is 1. The number of fused-ring (bicyclic) bond motifs is 6. The number of benzene rings is 13. The molecule has 0 aliphatic heterocycles. The van der Waals surface area contributed by atoms with Gasteiger partial charge in [-0.3, -0.25) is 0 Å². The van der Waals surface area contributed by atoms with Crippen molar-refractivity contribution < 1.29 is 8.83 Å². The van der Waals surface area contributed by atoms with E-state index < -0.39 is 0 Å². The maximum Gasteiger partial charge on any atom is 0.340 e. The Morgan fingerprint density at radius 2 is 0.583 bits per heavy atom. The molecule has 0 atom stereocenters. The van der Waals surface area contributed by atoms with Crippen LogP contribution in [0.5, 0.6) is 0 Å². The molecule has 13 aromatic carbocycles. The van der Waals surface area contributed by atoms with Crippen molar-refractivity contribution in [3.05, 3.63) is 337 Å². The van der Waals surface area contributed by atoms with Crippen LogP contribution in [0.15, 0.2) is 330 Å². The van der Waals surface area contributed by atoms with E-state index >= 15 is 0 Å². The van der Waals surface area contributed by atoms with Crippen LogP contribution in [0, 0.1) is 17.4 Å². The number of furan rings is 2. The highest BCUT2D eigenvalue weighted by atomic mass is 16.3. The SMILES string of the molecule is N#Cc1ccc(-c2ccc(-c3nc(-c4ccccc4)c(-c4ccc([N+]#Cc5ccc(-c6ccc(-c7ccc(-c8nc(-c9ccccc9)c(-c9ccccc9)nc8-c8ccc9oc%10ccccc%10c9c8)cc7)cc6)cc5)cc4)nc3-c3cccc4oc5ccccc5c34)cc2)cc1. The zero-order valence-electron chi connectivity index (χ0n) is 51.6. The molecule has 8 nitrogen and oxygen atoms in total. The molecule has 17 aromatic rings. The molecule has 0 amide bonds. The maximum absolute atomic E-state index is 9.44. The largest absolute Gasteiger partial charge is 0.456 e. The zero-order chi connectivity index (χ0) is 63.9. The van der Waals surface area contributed by atoms with E-state index in [-0.39, 0.29) is 0 Å². The molecule has 0 bridgehead atoms. The first-order valence-electron chi connectivity index (χ1n) is 31.8. The van der Waals surface area contributed by atoms with E-state index in [0.717, 1.165) is 179 Å². The first-order chi connectivity index (χ1) is 47.5. The fraction of sp³-hybridized carbons (Fsp3) is 0. The predicted molar refractivity (Wildman–Crippen MR) is 389 cm³/mol. The fourth-order valence-electron chi connectivity index (χ4n) is 12.9. The maximum atomic E-state index is 9.44. The molecular weight excluding hydrogens is 1170 g/mol. The normalized spacial score (nSPS) is 11.2. The smallest absolute Gasteiger partial charge is 0.340 e. The molecule has 0 saturated carbocycles. The Bertz CT molecular complexity index is 5890. The summed E-state index contributed by atoms with van der Waals surface area (Å²) in [4.78, 5) is 27.1. The van der Waals surface area contributed by atoms with E-state index in [1.807, 2.05) is 146 Å². The summed E-state index contributed by atoms with van der Waals surface area (Å²) in [5, 5.41) is 13.5. The van der Waals surface area contributed by atoms with E-state index in [4.69, 9.17) is 33.6 Å². The van der Waals surface area contributed by atoms with Crippen LogP contribution in [0.1, 0.15) is 11.1 Å². The van der Waals surface area contributed by atoms with Crippen molar-refractivity contribution in [3.63, 3.8) is 0 Å². The Balaban J connectivity index is 0.654. The van der Waals surface area contributed by atoms with Crippen LogP contribution < -0.4 is 0 Å². The van der Waals surface area contributed by atoms with Crippen molar-refractivity contribution in [2.45, 2.75) is 0 Å². The van der Waals surface area contributed by atoms with Crippen molar-refractivity contribution in [2.24, 2.45) is 0 Å². The van der Waals surface area contributed by atoms with Crippen LogP contribution in [-0.4, -0.2) is 19.9 Å². The molecule has 446 valence electrons. The summed E-state index contributed by atoms with van der Waals surface area (Å²) in [7, 11) is 0. The monoisotopic (exact) mass is 1230 g/mol. The van der Waals surface area contributed by atoms with Crippen molar-refractivity contribution in [3.8, 4) is 136 Å². The van der Waals surface area contributed by atoms with Gasteiger partial charge in [0.1, 0.15) is 27.9 Å². The van der Waals surface area contributed by atoms with Crippen LogP contribution in [0.3, 0.4) is 0 Å². The average Bonchev–Trinajstić information content (AvgIpc) is 1.31. The third kappa shape index (κ3) is 10.7. The highest BCUT2D eigenvalue weighted by Crippen LogP contribution is 2.45. The van der Waals surface area contributed by atoms with Gasteiger partial charge in [0.05, 0.1) is 57.2 Å². The van der Waals surface area contributed by atoms with E-state index in [1.54, 1.807) is 0 Å². The van der Waals surface area contributed by atoms with Gasteiger partial charge in [0.2, 0.25) is 0 Å². The lowest BCUT2D eigenvalue weighted by Gasteiger charge is -2.16. The molecule has 0 saturated heterocycles. The highest BCUT2D eigenvalue weighted by molar-refractivity contribution is 6.13. The summed E-state index contributed by atoms with van der Waals surface area (Å²) in [5.74, 6) is 0. The quantitative estimate of drug-likeness (QED) is 0.127. The van der Waals surface area contributed by atoms with Crippen LogP contribution in [-0.2, 0) is 0 Å². The van der Waals surface area contributed by atoms with Gasteiger partial charge in [-0.1, -0.05) is 237 Å². The number of para-hydroxylation sites is 2. The number of hydrogen-bond donors (Lipinski definition) is 0. The lowest BCUT2D eigenvalue weighted by Crippen LogP contribution is -2.01. The van der Waals surface area contributed by atoms with Gasteiger partial charge >= 0.3 is 11.8 Å². The average molecular weight is 1230 g/mol. The first kappa shape index (κ1) is 56.6. The summed E-state index contributed by atoms with van der Waals surface area (Å²) in [6.07, 6.45) is 0. The molecule has 4 aromatic heterocycles. The molecule has 0 fully saturated rings. The number of hydrogen-bond acceptors (Lipinski definition) is 7. The Morgan fingerprint density at radius 3 is 1.07 bits per heavy atom. The number of rotatable bonds is 11. The van der Waals surface area contributed by atoms with Gasteiger partial charge in [0.25, 0.3) is 0 Å². The van der Waals surface area contributed by atoms with Crippen LogP contribution in [0.25, 0.3) is 172 Å². The van der Waals surface area contributed by atoms with Crippen LogP contribution in [0.4, 0.5) is 5.69 Å². The second-order valence-corrected chi connectivity index (χ2v) is 23.7. The van der Waals surface area contributed by atoms with Gasteiger partial charge in [0, 0.05) is 78.2 Å². The second-order valence-electron chi connectivity index (χ2n) is 23.7. The predicted octanol–water partition coefficient (Wildman–Crippen LogP) is 23.3. The summed E-state index contributed by atoms with van der Waals surface area (Å²) >= 11 is 0. The lowest BCUT2D eigenvalue weighted by molar-refractivity contribution is 0.668. The minimum Gasteiger partial charge on any atom is -0.456 e. The van der Waals surface area contributed by atoms with Crippen molar-refractivity contribution in [1.29, 1.82) is 5.26 Å². The zero-order valence-corrected chi connectivity index (χ0v) is 51.6. The molecule has 0 aliphatic rings. The fourth-order valence-corrected chi connectivity index (χ4v) is 12.9. The highest BCUT2D eigenvalue weighted by Gasteiger charge is 2.25. The van der Waals surface area contributed by atoms with Crippen LogP contribution >= 0.6 is 0 Å². The molecule has 8 heteroatoms. The van der Waals surface area contributed by atoms with Gasteiger partial charge in [-0.2, -0.15) is 5.26 Å². The number of aromatic nitrogens is 4. The molecule has 4 heterocycles.